The third-order valence-electron chi connectivity index (χ3n) is 4.44. The van der Waals surface area contributed by atoms with Gasteiger partial charge in [-0.2, -0.15) is 0 Å². The molecule has 3 N–H and O–H groups in total. The van der Waals surface area contributed by atoms with Crippen LogP contribution in [-0.4, -0.2) is 60.1 Å². The summed E-state index contributed by atoms with van der Waals surface area (Å²) >= 11 is 0. The molecule has 1 atom stereocenters. The molecule has 0 saturated carbocycles. The summed E-state index contributed by atoms with van der Waals surface area (Å²) in [6, 6.07) is 9.30. The number of pyridine rings is 1. The van der Waals surface area contributed by atoms with Gasteiger partial charge in [-0.05, 0) is 45.0 Å². The van der Waals surface area contributed by atoms with Crippen molar-refractivity contribution in [2.24, 2.45) is 4.99 Å². The molecule has 0 spiro atoms. The van der Waals surface area contributed by atoms with Gasteiger partial charge in [0, 0.05) is 38.4 Å². The van der Waals surface area contributed by atoms with E-state index in [0.29, 0.717) is 31.2 Å². The van der Waals surface area contributed by atoms with Crippen molar-refractivity contribution in [3.8, 4) is 0 Å². The average molecular weight is 529 g/mol. The van der Waals surface area contributed by atoms with Gasteiger partial charge in [0.05, 0.1) is 6.54 Å². The van der Waals surface area contributed by atoms with E-state index in [9.17, 15) is 9.90 Å². The Kier molecular flexibility index (Phi) is 10.8. The number of furan rings is 1. The van der Waals surface area contributed by atoms with Crippen LogP contribution >= 0.6 is 24.0 Å². The number of carbonyl (C=O) groups is 1. The molecule has 166 valence electrons. The molecule has 0 aliphatic heterocycles. The molecule has 0 fully saturated rings. The number of aliphatic imine (C=N–C) groups is 1. The Balaban J connectivity index is 0.00000450. The monoisotopic (exact) mass is 529 g/mol. The number of halogens is 1. The van der Waals surface area contributed by atoms with Crippen molar-refractivity contribution in [2.75, 3.05) is 33.2 Å². The quantitative estimate of drug-likeness (QED) is 0.261. The highest BCUT2D eigenvalue weighted by Gasteiger charge is 2.27. The van der Waals surface area contributed by atoms with Crippen molar-refractivity contribution in [2.45, 2.75) is 32.8 Å². The fourth-order valence-electron chi connectivity index (χ4n) is 2.63. The SMILES string of the molecule is CCNC(=NCC(=O)N(C)CCc1ccccn1)NCC(C)(O)c1ccc(C)o1.I. The Hall–Kier alpha value is -2.14. The molecule has 0 aliphatic carbocycles. The molecule has 2 rings (SSSR count). The lowest BCUT2D eigenvalue weighted by atomic mass is 10.0. The molecule has 0 aliphatic rings. The maximum absolute atomic E-state index is 12.4. The van der Waals surface area contributed by atoms with E-state index < -0.39 is 5.60 Å². The molecule has 9 heteroatoms. The number of aliphatic hydroxyl groups is 1. The molecule has 0 saturated heterocycles. The normalized spacial score (nSPS) is 13.2. The summed E-state index contributed by atoms with van der Waals surface area (Å²) in [6.45, 7) is 6.84. The molecule has 2 aromatic rings. The third kappa shape index (κ3) is 8.31. The zero-order chi connectivity index (χ0) is 21.3. The Morgan fingerprint density at radius 3 is 2.67 bits per heavy atom. The molecule has 0 aromatic carbocycles. The molecular weight excluding hydrogens is 497 g/mol. The number of hydrogen-bond acceptors (Lipinski definition) is 5. The second kappa shape index (κ2) is 12.5. The second-order valence-electron chi connectivity index (χ2n) is 7.12. The number of aryl methyl sites for hydroxylation is 1. The van der Waals surface area contributed by atoms with Gasteiger partial charge in [-0.1, -0.05) is 6.07 Å². The number of hydrogen-bond donors (Lipinski definition) is 3. The molecule has 0 bridgehead atoms. The number of nitrogens with one attached hydrogen (secondary N) is 2. The van der Waals surface area contributed by atoms with E-state index in [1.165, 1.54) is 0 Å². The zero-order valence-electron chi connectivity index (χ0n) is 18.0. The summed E-state index contributed by atoms with van der Waals surface area (Å²) in [5.41, 5.74) is -0.255. The van der Waals surface area contributed by atoms with Gasteiger partial charge in [0.1, 0.15) is 23.7 Å². The Morgan fingerprint density at radius 1 is 1.30 bits per heavy atom. The van der Waals surface area contributed by atoms with Crippen LogP contribution in [0.5, 0.6) is 0 Å². The van der Waals surface area contributed by atoms with Gasteiger partial charge in [0.25, 0.3) is 0 Å². The summed E-state index contributed by atoms with van der Waals surface area (Å²) < 4.78 is 5.52. The summed E-state index contributed by atoms with van der Waals surface area (Å²) in [7, 11) is 1.76. The minimum atomic E-state index is -1.20. The molecule has 2 heterocycles. The summed E-state index contributed by atoms with van der Waals surface area (Å²) in [4.78, 5) is 22.6. The Bertz CT molecular complexity index is 808. The fraction of sp³-hybridized carbons (Fsp3) is 0.476. The predicted molar refractivity (Wildman–Crippen MR) is 128 cm³/mol. The maximum Gasteiger partial charge on any atom is 0.244 e. The van der Waals surface area contributed by atoms with Gasteiger partial charge in [-0.25, -0.2) is 4.99 Å². The number of guanidine groups is 1. The van der Waals surface area contributed by atoms with Gasteiger partial charge in [-0.15, -0.1) is 24.0 Å². The number of rotatable bonds is 9. The second-order valence-corrected chi connectivity index (χ2v) is 7.12. The number of aromatic nitrogens is 1. The lowest BCUT2D eigenvalue weighted by Crippen LogP contribution is -2.45. The van der Waals surface area contributed by atoms with Crippen LogP contribution in [0.4, 0.5) is 0 Å². The first-order chi connectivity index (χ1) is 13.8. The van der Waals surface area contributed by atoms with Crippen molar-refractivity contribution >= 4 is 35.8 Å². The number of likely N-dealkylation sites (N-methyl/N-ethyl adjacent to an activating group) is 1. The van der Waals surface area contributed by atoms with Crippen LogP contribution in [0, 0.1) is 6.92 Å². The van der Waals surface area contributed by atoms with E-state index in [1.54, 1.807) is 31.1 Å². The largest absolute Gasteiger partial charge is 0.463 e. The Labute approximate surface area is 195 Å². The van der Waals surface area contributed by atoms with E-state index in [0.717, 1.165) is 11.5 Å². The first kappa shape index (κ1) is 25.9. The van der Waals surface area contributed by atoms with Crippen molar-refractivity contribution in [3.05, 3.63) is 53.7 Å². The summed E-state index contributed by atoms with van der Waals surface area (Å²) in [6.07, 6.45) is 2.44. The fourth-order valence-corrected chi connectivity index (χ4v) is 2.63. The van der Waals surface area contributed by atoms with Gasteiger partial charge in [0.2, 0.25) is 5.91 Å². The van der Waals surface area contributed by atoms with Crippen LogP contribution in [0.3, 0.4) is 0 Å². The van der Waals surface area contributed by atoms with Gasteiger partial charge >= 0.3 is 0 Å². The molecular formula is C21H32IN5O3. The van der Waals surface area contributed by atoms with E-state index in [2.05, 4.69) is 20.6 Å². The molecule has 2 aromatic heterocycles. The van der Waals surface area contributed by atoms with Crippen molar-refractivity contribution in [1.82, 2.24) is 20.5 Å². The van der Waals surface area contributed by atoms with E-state index in [4.69, 9.17) is 4.42 Å². The standard InChI is InChI=1S/C21H31N5O3.HI/c1-5-22-20(25-15-21(3,28)18-10-9-16(2)29-18)24-14-19(27)26(4)13-11-17-8-6-7-12-23-17;/h6-10,12,28H,5,11,13-15H2,1-4H3,(H2,22,24,25);1H. The first-order valence-corrected chi connectivity index (χ1v) is 9.77. The zero-order valence-corrected chi connectivity index (χ0v) is 20.3. The molecule has 30 heavy (non-hydrogen) atoms. The Morgan fingerprint density at radius 2 is 2.07 bits per heavy atom. The third-order valence-corrected chi connectivity index (χ3v) is 4.44. The summed E-state index contributed by atoms with van der Waals surface area (Å²) in [5, 5.41) is 16.8. The van der Waals surface area contributed by atoms with Gasteiger partial charge in [0.15, 0.2) is 5.96 Å². The highest BCUT2D eigenvalue weighted by molar-refractivity contribution is 14.0. The van der Waals surface area contributed by atoms with Gasteiger partial charge < -0.3 is 25.1 Å². The van der Waals surface area contributed by atoms with Crippen LogP contribution in [0.15, 0.2) is 45.9 Å². The van der Waals surface area contributed by atoms with E-state index >= 15 is 0 Å². The minimum Gasteiger partial charge on any atom is -0.463 e. The van der Waals surface area contributed by atoms with Crippen molar-refractivity contribution in [3.63, 3.8) is 0 Å². The van der Waals surface area contributed by atoms with Crippen molar-refractivity contribution in [1.29, 1.82) is 0 Å². The molecule has 1 unspecified atom stereocenters. The molecule has 8 nitrogen and oxygen atoms in total. The van der Waals surface area contributed by atoms with Gasteiger partial charge in [-0.3, -0.25) is 9.78 Å². The summed E-state index contributed by atoms with van der Waals surface area (Å²) in [5.74, 6) is 1.58. The smallest absolute Gasteiger partial charge is 0.244 e. The number of carbonyl (C=O) groups excluding carboxylic acids is 1. The highest BCUT2D eigenvalue weighted by Crippen LogP contribution is 2.21. The van der Waals surface area contributed by atoms with Crippen LogP contribution in [-0.2, 0) is 16.8 Å². The number of nitrogens with zero attached hydrogens (tertiary/aromatic N) is 3. The van der Waals surface area contributed by atoms with Crippen molar-refractivity contribution < 1.29 is 14.3 Å². The average Bonchev–Trinajstić information content (AvgIpc) is 3.16. The van der Waals surface area contributed by atoms with Crippen LogP contribution in [0.1, 0.15) is 31.1 Å². The minimum absolute atomic E-state index is 0. The highest BCUT2D eigenvalue weighted by atomic mass is 127. The molecule has 0 radical (unpaired) electrons. The van der Waals surface area contributed by atoms with Crippen LogP contribution in [0.2, 0.25) is 0 Å². The first-order valence-electron chi connectivity index (χ1n) is 9.77. The van der Waals surface area contributed by atoms with E-state index in [-0.39, 0.29) is 43.0 Å². The topological polar surface area (TPSA) is 103 Å². The van der Waals surface area contributed by atoms with Crippen LogP contribution in [0.25, 0.3) is 0 Å². The van der Waals surface area contributed by atoms with Crippen LogP contribution < -0.4 is 10.6 Å². The lowest BCUT2D eigenvalue weighted by molar-refractivity contribution is -0.128. The van der Waals surface area contributed by atoms with E-state index in [1.807, 2.05) is 38.1 Å². The number of amides is 1. The maximum atomic E-state index is 12.4. The molecule has 1 amide bonds. The lowest BCUT2D eigenvalue weighted by Gasteiger charge is -2.23. The predicted octanol–water partition coefficient (Wildman–Crippen LogP) is 2.06.